The molecule has 4 rings (SSSR count). The predicted molar refractivity (Wildman–Crippen MR) is 125 cm³/mol. The first kappa shape index (κ1) is 22.0. The lowest BCUT2D eigenvalue weighted by molar-refractivity contribution is -0.384. The minimum Gasteiger partial charge on any atom is -0.375 e. The van der Waals surface area contributed by atoms with Gasteiger partial charge in [0.2, 0.25) is 0 Å². The van der Waals surface area contributed by atoms with Crippen LogP contribution in [-0.2, 0) is 13.1 Å². The number of nitrogens with one attached hydrogen (secondary N) is 2. The Bertz CT molecular complexity index is 1290. The Balaban J connectivity index is 1.45. The topological polar surface area (TPSA) is 115 Å². The lowest BCUT2D eigenvalue weighted by Crippen LogP contribution is -2.14. The van der Waals surface area contributed by atoms with Crippen molar-refractivity contribution in [3.8, 4) is 0 Å². The molecule has 1 amide bonds. The molecule has 0 saturated carbocycles. The number of anilines is 2. The number of pyridine rings is 1. The van der Waals surface area contributed by atoms with Crippen LogP contribution in [0, 0.1) is 10.1 Å². The second-order valence-electron chi connectivity index (χ2n) is 7.15. The van der Waals surface area contributed by atoms with Gasteiger partial charge in [0.25, 0.3) is 11.6 Å². The molecule has 4 aromatic rings. The molecule has 9 nitrogen and oxygen atoms in total. The number of carbonyl (C=O) groups is 1. The second kappa shape index (κ2) is 9.92. The first-order valence-corrected chi connectivity index (χ1v) is 10.4. The average Bonchev–Trinajstić information content (AvgIpc) is 3.25. The molecule has 2 heterocycles. The van der Waals surface area contributed by atoms with Crippen LogP contribution in [0.1, 0.15) is 21.5 Å². The van der Waals surface area contributed by atoms with Crippen molar-refractivity contribution < 1.29 is 9.72 Å². The number of hydrogen-bond acceptors (Lipinski definition) is 6. The van der Waals surface area contributed by atoms with Crippen molar-refractivity contribution in [2.45, 2.75) is 13.1 Å². The van der Waals surface area contributed by atoms with Crippen LogP contribution in [0.3, 0.4) is 0 Å². The summed E-state index contributed by atoms with van der Waals surface area (Å²) in [6, 6.07) is 16.9. The third-order valence-corrected chi connectivity index (χ3v) is 5.20. The van der Waals surface area contributed by atoms with Gasteiger partial charge in [0.1, 0.15) is 5.69 Å². The minimum atomic E-state index is -0.533. The van der Waals surface area contributed by atoms with Crippen molar-refractivity contribution in [2.24, 2.45) is 0 Å². The minimum absolute atomic E-state index is 0.145. The lowest BCUT2D eigenvalue weighted by Gasteiger charge is -2.10. The fourth-order valence-corrected chi connectivity index (χ4v) is 3.39. The van der Waals surface area contributed by atoms with Crippen LogP contribution in [0.15, 0.2) is 79.3 Å². The SMILES string of the molecule is O=C(Nc1ccn(Cc2cccnc2)n1)c1ccc(NCc2ccccc2Cl)c([N+](=O)[O-])c1. The van der Waals surface area contributed by atoms with Crippen molar-refractivity contribution in [2.75, 3.05) is 10.6 Å². The fraction of sp³-hybridized carbons (Fsp3) is 0.0870. The Morgan fingerprint density at radius 3 is 2.73 bits per heavy atom. The van der Waals surface area contributed by atoms with E-state index in [-0.39, 0.29) is 16.9 Å². The quantitative estimate of drug-likeness (QED) is 0.288. The lowest BCUT2D eigenvalue weighted by atomic mass is 10.1. The van der Waals surface area contributed by atoms with Gasteiger partial charge in [-0.3, -0.25) is 24.6 Å². The van der Waals surface area contributed by atoms with E-state index in [2.05, 4.69) is 20.7 Å². The summed E-state index contributed by atoms with van der Waals surface area (Å²) in [5, 5.41) is 22.2. The molecule has 0 fully saturated rings. The summed E-state index contributed by atoms with van der Waals surface area (Å²) in [7, 11) is 0. The Labute approximate surface area is 194 Å². The number of benzene rings is 2. The number of amides is 1. The third kappa shape index (κ3) is 5.52. The van der Waals surface area contributed by atoms with Gasteiger partial charge in [-0.25, -0.2) is 0 Å². The highest BCUT2D eigenvalue weighted by molar-refractivity contribution is 6.31. The highest BCUT2D eigenvalue weighted by Crippen LogP contribution is 2.27. The van der Waals surface area contributed by atoms with Gasteiger partial charge in [-0.15, -0.1) is 0 Å². The molecule has 0 aliphatic heterocycles. The van der Waals surface area contributed by atoms with Crippen molar-refractivity contribution in [3.05, 3.63) is 111 Å². The van der Waals surface area contributed by atoms with Gasteiger partial charge in [0, 0.05) is 47.9 Å². The fourth-order valence-electron chi connectivity index (χ4n) is 3.19. The van der Waals surface area contributed by atoms with Gasteiger partial charge < -0.3 is 10.6 Å². The molecule has 2 aromatic carbocycles. The van der Waals surface area contributed by atoms with Crippen LogP contribution >= 0.6 is 11.6 Å². The summed E-state index contributed by atoms with van der Waals surface area (Å²) in [6.45, 7) is 0.807. The molecule has 10 heteroatoms. The standard InChI is InChI=1S/C23H19ClN6O3/c24-19-6-2-1-5-18(19)14-26-20-8-7-17(12-21(20)30(32)33)23(31)27-22-9-11-29(28-22)15-16-4-3-10-25-13-16/h1-13,26H,14-15H2,(H,27,28,31). The van der Waals surface area contributed by atoms with E-state index < -0.39 is 10.8 Å². The van der Waals surface area contributed by atoms with E-state index >= 15 is 0 Å². The average molecular weight is 463 g/mol. The zero-order valence-corrected chi connectivity index (χ0v) is 18.1. The highest BCUT2D eigenvalue weighted by Gasteiger charge is 2.18. The van der Waals surface area contributed by atoms with E-state index in [9.17, 15) is 14.9 Å². The van der Waals surface area contributed by atoms with Crippen LogP contribution < -0.4 is 10.6 Å². The summed E-state index contributed by atoms with van der Waals surface area (Å²) < 4.78 is 1.66. The Hall–Kier alpha value is -4.24. The van der Waals surface area contributed by atoms with E-state index in [0.29, 0.717) is 23.9 Å². The van der Waals surface area contributed by atoms with Crippen LogP contribution in [0.25, 0.3) is 0 Å². The molecular weight excluding hydrogens is 444 g/mol. The maximum Gasteiger partial charge on any atom is 0.293 e. The molecule has 166 valence electrons. The van der Waals surface area contributed by atoms with E-state index in [4.69, 9.17) is 11.6 Å². The molecule has 0 saturated heterocycles. The third-order valence-electron chi connectivity index (χ3n) is 4.83. The largest absolute Gasteiger partial charge is 0.375 e. The first-order chi connectivity index (χ1) is 16.0. The first-order valence-electron chi connectivity index (χ1n) is 9.99. The Morgan fingerprint density at radius 2 is 1.97 bits per heavy atom. The number of halogens is 1. The van der Waals surface area contributed by atoms with Gasteiger partial charge in [-0.1, -0.05) is 35.9 Å². The normalized spacial score (nSPS) is 10.6. The summed E-state index contributed by atoms with van der Waals surface area (Å²) >= 11 is 6.15. The highest BCUT2D eigenvalue weighted by atomic mass is 35.5. The van der Waals surface area contributed by atoms with E-state index in [1.54, 1.807) is 35.4 Å². The summed E-state index contributed by atoms with van der Waals surface area (Å²) in [6.07, 6.45) is 5.15. The second-order valence-corrected chi connectivity index (χ2v) is 7.56. The Kier molecular flexibility index (Phi) is 6.61. The van der Waals surface area contributed by atoms with E-state index in [0.717, 1.165) is 11.1 Å². The maximum atomic E-state index is 12.7. The number of nitro groups is 1. The van der Waals surface area contributed by atoms with Gasteiger partial charge in [0.15, 0.2) is 5.82 Å². The summed E-state index contributed by atoms with van der Waals surface area (Å²) in [5.74, 6) is -0.158. The molecule has 0 spiro atoms. The molecule has 2 aromatic heterocycles. The van der Waals surface area contributed by atoms with Crippen LogP contribution in [0.2, 0.25) is 5.02 Å². The van der Waals surface area contributed by atoms with E-state index in [1.807, 2.05) is 30.3 Å². The number of nitrogens with zero attached hydrogens (tertiary/aromatic N) is 4. The van der Waals surface area contributed by atoms with E-state index in [1.165, 1.54) is 18.2 Å². The van der Waals surface area contributed by atoms with Crippen LogP contribution in [0.5, 0.6) is 0 Å². The van der Waals surface area contributed by atoms with Crippen LogP contribution in [0.4, 0.5) is 17.2 Å². The molecule has 0 bridgehead atoms. The molecule has 0 atom stereocenters. The molecule has 0 unspecified atom stereocenters. The smallest absolute Gasteiger partial charge is 0.293 e. The zero-order valence-electron chi connectivity index (χ0n) is 17.3. The van der Waals surface area contributed by atoms with Gasteiger partial charge in [-0.05, 0) is 35.4 Å². The zero-order chi connectivity index (χ0) is 23.2. The molecule has 0 radical (unpaired) electrons. The summed E-state index contributed by atoms with van der Waals surface area (Å²) in [5.41, 5.74) is 1.99. The summed E-state index contributed by atoms with van der Waals surface area (Å²) in [4.78, 5) is 27.8. The molecule has 0 aliphatic rings. The molecule has 0 aliphatic carbocycles. The number of carbonyl (C=O) groups excluding carboxylic acids is 1. The number of aromatic nitrogens is 3. The van der Waals surface area contributed by atoms with Crippen molar-refractivity contribution in [1.82, 2.24) is 14.8 Å². The molecule has 33 heavy (non-hydrogen) atoms. The van der Waals surface area contributed by atoms with Crippen molar-refractivity contribution in [1.29, 1.82) is 0 Å². The number of nitro benzene ring substituents is 1. The van der Waals surface area contributed by atoms with Crippen molar-refractivity contribution >= 4 is 34.7 Å². The maximum absolute atomic E-state index is 12.7. The monoisotopic (exact) mass is 462 g/mol. The van der Waals surface area contributed by atoms with Gasteiger partial charge in [-0.2, -0.15) is 5.10 Å². The van der Waals surface area contributed by atoms with Crippen molar-refractivity contribution in [3.63, 3.8) is 0 Å². The van der Waals surface area contributed by atoms with Crippen LogP contribution in [-0.4, -0.2) is 25.6 Å². The molecule has 2 N–H and O–H groups in total. The number of hydrogen-bond donors (Lipinski definition) is 2. The molecular formula is C23H19ClN6O3. The van der Waals surface area contributed by atoms with Gasteiger partial charge in [0.05, 0.1) is 11.5 Å². The van der Waals surface area contributed by atoms with Gasteiger partial charge >= 0.3 is 0 Å². The predicted octanol–water partition coefficient (Wildman–Crippen LogP) is 4.75. The Morgan fingerprint density at radius 1 is 1.12 bits per heavy atom. The number of rotatable bonds is 8.